The van der Waals surface area contributed by atoms with Gasteiger partial charge in [0.1, 0.15) is 0 Å². The van der Waals surface area contributed by atoms with Crippen molar-refractivity contribution < 1.29 is 43.0 Å². The Morgan fingerprint density at radius 3 is 1.33 bits per heavy atom. The monoisotopic (exact) mass is 426 g/mol. The number of hydrogen-bond donors (Lipinski definition) is 5. The molecular weight excluding hydrogens is 391 g/mol. The second-order valence-electron chi connectivity index (χ2n) is 4.48. The van der Waals surface area contributed by atoms with Gasteiger partial charge in [0, 0.05) is 55.2 Å². The summed E-state index contributed by atoms with van der Waals surface area (Å²) in [5, 5.41) is 25.5. The number of carboxylic acids is 3. The molecule has 0 amide bonds. The fourth-order valence-electron chi connectivity index (χ4n) is 1.45. The van der Waals surface area contributed by atoms with Gasteiger partial charge in [-0.2, -0.15) is 0 Å². The average molecular weight is 427 g/mol. The Kier molecular flexibility index (Phi) is 35.0. The maximum atomic E-state index is 9.00. The van der Waals surface area contributed by atoms with Gasteiger partial charge < -0.3 is 39.6 Å². The zero-order valence-electron chi connectivity index (χ0n) is 16.6. The molecule has 13 heteroatoms. The molecule has 11 nitrogen and oxygen atoms in total. The maximum absolute atomic E-state index is 9.00. The van der Waals surface area contributed by atoms with Gasteiger partial charge >= 0.3 is 38.4 Å². The fourth-order valence-corrected chi connectivity index (χ4v) is 3.70. The van der Waals surface area contributed by atoms with E-state index in [4.69, 9.17) is 48.7 Å². The van der Waals surface area contributed by atoms with E-state index in [1.54, 1.807) is 21.3 Å². The summed E-state index contributed by atoms with van der Waals surface area (Å²) in [6.45, 7) is 6.65. The van der Waals surface area contributed by atoms with E-state index in [1.807, 2.05) is 0 Å². The van der Waals surface area contributed by atoms with Crippen LogP contribution in [-0.4, -0.2) is 112 Å². The van der Waals surface area contributed by atoms with Crippen molar-refractivity contribution in [3.05, 3.63) is 0 Å². The number of carboxylic acid groups (broad SMARTS) is 3. The molecule has 0 fully saturated rings. The quantitative estimate of drug-likeness (QED) is 0.312. The molecule has 27 heavy (non-hydrogen) atoms. The molecule has 0 saturated heterocycles. The van der Waals surface area contributed by atoms with E-state index in [0.29, 0.717) is 6.54 Å². The summed E-state index contributed by atoms with van der Waals surface area (Å²) in [6, 6.07) is 0. The third-order valence-electron chi connectivity index (χ3n) is 2.22. The number of hydrogen-bond acceptors (Lipinski definition) is 8. The number of nitrogens with two attached hydrogens (primary N) is 1. The van der Waals surface area contributed by atoms with Crippen molar-refractivity contribution in [2.45, 2.75) is 39.8 Å². The molecule has 6 N–H and O–H groups in total. The number of nitrogens with one attached hydrogen (secondary N) is 1. The van der Waals surface area contributed by atoms with Crippen LogP contribution in [0.4, 0.5) is 0 Å². The Balaban J connectivity index is -0.000000102. The van der Waals surface area contributed by atoms with Crippen molar-refractivity contribution >= 4 is 56.3 Å². The molecule has 0 aliphatic carbocycles. The normalized spacial score (nSPS) is 10.2. The summed E-state index contributed by atoms with van der Waals surface area (Å²) in [7, 11) is 2.30. The van der Waals surface area contributed by atoms with Gasteiger partial charge in [-0.1, -0.05) is 6.92 Å². The first-order valence-corrected chi connectivity index (χ1v) is 9.38. The fraction of sp³-hybridized carbons (Fsp3) is 0.786. The third kappa shape index (κ3) is 33.4. The van der Waals surface area contributed by atoms with Crippen LogP contribution in [0.2, 0.25) is 0 Å². The molecule has 0 aliphatic rings. The van der Waals surface area contributed by atoms with E-state index < -0.39 is 26.7 Å². The topological polar surface area (TPSA) is 178 Å². The van der Waals surface area contributed by atoms with Crippen molar-refractivity contribution in [1.82, 2.24) is 5.32 Å². The van der Waals surface area contributed by atoms with Crippen LogP contribution in [0.15, 0.2) is 0 Å². The van der Waals surface area contributed by atoms with Gasteiger partial charge in [-0.15, -0.1) is 0 Å². The van der Waals surface area contributed by atoms with E-state index in [0.717, 1.165) is 33.7 Å². The standard InChI is InChI=1S/C8H22N2O3Si.3C2H4O2.Na.H/c1-5-8(10-7-6-9)14(11-2,12-3)13-4;3*1-2(3)4;;/h8,10H,5-7,9H2,1-4H3;3*1H3,(H,3,4);;. The van der Waals surface area contributed by atoms with Gasteiger partial charge in [0.05, 0.1) is 5.67 Å². The van der Waals surface area contributed by atoms with E-state index >= 15 is 0 Å². The van der Waals surface area contributed by atoms with Crippen LogP contribution in [0.1, 0.15) is 34.1 Å². The minimum absolute atomic E-state index is 0. The Labute approximate surface area is 184 Å². The molecule has 0 aliphatic heterocycles. The van der Waals surface area contributed by atoms with E-state index in [1.165, 1.54) is 0 Å². The molecule has 0 rings (SSSR count). The molecule has 0 heterocycles. The molecular formula is C14H35N2NaO9Si. The summed E-state index contributed by atoms with van der Waals surface area (Å²) in [5.74, 6) is -2.50. The van der Waals surface area contributed by atoms with Crippen LogP contribution >= 0.6 is 0 Å². The van der Waals surface area contributed by atoms with Crippen LogP contribution in [0.3, 0.4) is 0 Å². The van der Waals surface area contributed by atoms with E-state index in [2.05, 4.69) is 12.2 Å². The first-order valence-electron chi connectivity index (χ1n) is 7.57. The van der Waals surface area contributed by atoms with Gasteiger partial charge in [-0.05, 0) is 6.42 Å². The molecule has 0 bridgehead atoms. The summed E-state index contributed by atoms with van der Waals surface area (Å²) < 4.78 is 16.1. The van der Waals surface area contributed by atoms with Crippen LogP contribution in [-0.2, 0) is 27.7 Å². The van der Waals surface area contributed by atoms with Crippen molar-refractivity contribution in [3.63, 3.8) is 0 Å². The second-order valence-corrected chi connectivity index (χ2v) is 7.61. The van der Waals surface area contributed by atoms with Gasteiger partial charge in [-0.25, -0.2) is 0 Å². The minimum atomic E-state index is -2.55. The molecule has 0 saturated carbocycles. The van der Waals surface area contributed by atoms with Gasteiger partial charge in [-0.3, -0.25) is 14.4 Å². The molecule has 0 radical (unpaired) electrons. The van der Waals surface area contributed by atoms with Crippen LogP contribution in [0, 0.1) is 0 Å². The Morgan fingerprint density at radius 2 is 1.19 bits per heavy atom. The van der Waals surface area contributed by atoms with Gasteiger partial charge in [0.2, 0.25) is 0 Å². The van der Waals surface area contributed by atoms with E-state index in [-0.39, 0.29) is 35.2 Å². The molecule has 160 valence electrons. The predicted molar refractivity (Wildman–Crippen MR) is 105 cm³/mol. The molecule has 0 aromatic carbocycles. The summed E-state index contributed by atoms with van der Waals surface area (Å²) in [6.07, 6.45) is 0.891. The van der Waals surface area contributed by atoms with Crippen molar-refractivity contribution in [2.24, 2.45) is 5.73 Å². The third-order valence-corrected chi connectivity index (χ3v) is 5.40. The summed E-state index contributed by atoms with van der Waals surface area (Å²) in [5.41, 5.74) is 5.53. The number of rotatable bonds is 8. The SMILES string of the molecule is CC(=O)O.CC(=O)O.CC(=O)O.CCC(NCCN)[Si](OC)(OC)OC.[NaH]. The molecule has 1 unspecified atom stereocenters. The van der Waals surface area contributed by atoms with Gasteiger partial charge in [0.25, 0.3) is 17.9 Å². The van der Waals surface area contributed by atoms with Crippen LogP contribution in [0.5, 0.6) is 0 Å². The van der Waals surface area contributed by atoms with E-state index in [9.17, 15) is 0 Å². The van der Waals surface area contributed by atoms with Crippen molar-refractivity contribution in [1.29, 1.82) is 0 Å². The van der Waals surface area contributed by atoms with Gasteiger partial charge in [0.15, 0.2) is 0 Å². The Morgan fingerprint density at radius 1 is 0.926 bits per heavy atom. The first kappa shape index (κ1) is 37.2. The van der Waals surface area contributed by atoms with Crippen molar-refractivity contribution in [2.75, 3.05) is 34.4 Å². The molecule has 0 spiro atoms. The first-order chi connectivity index (χ1) is 11.9. The number of aliphatic carboxylic acids is 3. The average Bonchev–Trinajstić information content (AvgIpc) is 2.50. The van der Waals surface area contributed by atoms with Crippen LogP contribution in [0.25, 0.3) is 0 Å². The zero-order valence-corrected chi connectivity index (χ0v) is 17.6. The molecule has 1 atom stereocenters. The second kappa shape index (κ2) is 25.4. The summed E-state index contributed by atoms with van der Waals surface area (Å²) >= 11 is 0. The predicted octanol–water partition coefficient (Wildman–Crippen LogP) is -0.645. The molecule has 0 aromatic heterocycles. The van der Waals surface area contributed by atoms with Crippen molar-refractivity contribution in [3.8, 4) is 0 Å². The van der Waals surface area contributed by atoms with Crippen LogP contribution < -0.4 is 11.1 Å². The Hall–Kier alpha value is -0.573. The Bertz CT molecular complexity index is 324. The molecule has 0 aromatic rings. The number of carbonyl (C=O) groups is 3. The summed E-state index contributed by atoms with van der Waals surface area (Å²) in [4.78, 5) is 27.0. The zero-order chi connectivity index (χ0) is 21.8.